The van der Waals surface area contributed by atoms with Crippen LogP contribution in [-0.4, -0.2) is 41.3 Å². The predicted molar refractivity (Wildman–Crippen MR) is 106 cm³/mol. The number of hydrogen-bond acceptors (Lipinski definition) is 5. The number of anilines is 1. The van der Waals surface area contributed by atoms with Gasteiger partial charge in [0.05, 0.1) is 5.56 Å². The maximum atomic E-state index is 13.0. The third-order valence-corrected chi connectivity index (χ3v) is 6.83. The van der Waals surface area contributed by atoms with Gasteiger partial charge in [-0.15, -0.1) is 11.3 Å². The van der Waals surface area contributed by atoms with Crippen molar-refractivity contribution in [3.63, 3.8) is 0 Å². The Kier molecular flexibility index (Phi) is 4.61. The highest BCUT2D eigenvalue weighted by atomic mass is 32.1. The Morgan fingerprint density at radius 3 is 2.52 bits per heavy atom. The molecule has 148 valence electrons. The molecule has 0 unspecified atom stereocenters. The molecule has 3 heterocycles. The number of carbonyl (C=O) groups is 2. The van der Waals surface area contributed by atoms with Crippen molar-refractivity contribution in [1.82, 2.24) is 10.2 Å². The van der Waals surface area contributed by atoms with Crippen LogP contribution in [0.3, 0.4) is 0 Å². The van der Waals surface area contributed by atoms with Gasteiger partial charge in [0.15, 0.2) is 0 Å². The summed E-state index contributed by atoms with van der Waals surface area (Å²) in [6, 6.07) is 0. The Labute approximate surface area is 164 Å². The van der Waals surface area contributed by atoms with Crippen molar-refractivity contribution in [3.8, 4) is 0 Å². The number of ether oxygens (including phenoxy) is 1. The minimum atomic E-state index is -0.493. The molecule has 0 aromatic carbocycles. The fourth-order valence-electron chi connectivity index (χ4n) is 4.25. The van der Waals surface area contributed by atoms with Gasteiger partial charge in [0.2, 0.25) is 0 Å². The van der Waals surface area contributed by atoms with E-state index in [1.807, 2.05) is 20.8 Å². The van der Waals surface area contributed by atoms with Gasteiger partial charge in [-0.1, -0.05) is 6.42 Å². The van der Waals surface area contributed by atoms with Crippen LogP contribution < -0.4 is 10.6 Å². The van der Waals surface area contributed by atoms with E-state index in [4.69, 9.17) is 4.74 Å². The summed E-state index contributed by atoms with van der Waals surface area (Å²) < 4.78 is 5.48. The minimum absolute atomic E-state index is 0.0499. The number of piperidine rings is 1. The molecule has 7 heteroatoms. The molecule has 1 saturated heterocycles. The summed E-state index contributed by atoms with van der Waals surface area (Å²) in [4.78, 5) is 28.4. The van der Waals surface area contributed by atoms with E-state index in [1.165, 1.54) is 29.7 Å². The van der Waals surface area contributed by atoms with E-state index in [-0.39, 0.29) is 12.0 Å². The second-order valence-corrected chi connectivity index (χ2v) is 10.0. The van der Waals surface area contributed by atoms with Gasteiger partial charge in [0, 0.05) is 30.8 Å². The summed E-state index contributed by atoms with van der Waals surface area (Å²) in [5.74, 6) is 0.0499. The lowest BCUT2D eigenvalue weighted by Crippen LogP contribution is -2.62. The molecule has 1 spiro atoms. The number of nitrogens with zero attached hydrogens (tertiary/aromatic N) is 1. The van der Waals surface area contributed by atoms with E-state index in [9.17, 15) is 9.59 Å². The zero-order valence-electron chi connectivity index (χ0n) is 16.4. The summed E-state index contributed by atoms with van der Waals surface area (Å²) >= 11 is 1.76. The van der Waals surface area contributed by atoms with E-state index >= 15 is 0 Å². The smallest absolute Gasteiger partial charge is 0.410 e. The maximum Gasteiger partial charge on any atom is 0.410 e. The number of rotatable bonds is 0. The first-order valence-corrected chi connectivity index (χ1v) is 10.8. The number of nitrogens with one attached hydrogen (secondary N) is 2. The standard InChI is InChI=1S/C20H29N3O3S/c1-19(2,3)26-18(25)23-11-9-20(10-12-23)21-16(24)15-13-7-5-4-6-8-14(13)27-17(15)22-20/h22H,4-12H2,1-3H3,(H,21,24). The van der Waals surface area contributed by atoms with Crippen molar-refractivity contribution >= 4 is 28.3 Å². The minimum Gasteiger partial charge on any atom is -0.444 e. The Balaban J connectivity index is 1.48. The van der Waals surface area contributed by atoms with Crippen LogP contribution in [0.2, 0.25) is 0 Å². The SMILES string of the molecule is CC(C)(C)OC(=O)N1CCC2(CC1)NC(=O)c1c(sc3c1CCCCC3)N2. The Morgan fingerprint density at radius 2 is 1.81 bits per heavy atom. The molecular weight excluding hydrogens is 362 g/mol. The molecule has 3 aliphatic rings. The quantitative estimate of drug-likeness (QED) is 0.658. The van der Waals surface area contributed by atoms with Crippen molar-refractivity contribution in [2.45, 2.75) is 77.0 Å². The summed E-state index contributed by atoms with van der Waals surface area (Å²) in [6.07, 6.45) is 6.80. The molecule has 1 fully saturated rings. The molecule has 0 bridgehead atoms. The largest absolute Gasteiger partial charge is 0.444 e. The van der Waals surface area contributed by atoms with Crippen molar-refractivity contribution in [2.24, 2.45) is 0 Å². The highest BCUT2D eigenvalue weighted by molar-refractivity contribution is 7.16. The number of likely N-dealkylation sites (tertiary alicyclic amines) is 1. The summed E-state index contributed by atoms with van der Waals surface area (Å²) in [7, 11) is 0. The van der Waals surface area contributed by atoms with Crippen molar-refractivity contribution < 1.29 is 14.3 Å². The normalized spacial score (nSPS) is 21.6. The van der Waals surface area contributed by atoms with Gasteiger partial charge in [0.25, 0.3) is 5.91 Å². The number of amides is 2. The van der Waals surface area contributed by atoms with Crippen molar-refractivity contribution in [2.75, 3.05) is 18.4 Å². The number of thiophene rings is 1. The van der Waals surface area contributed by atoms with Gasteiger partial charge in [-0.2, -0.15) is 0 Å². The van der Waals surface area contributed by atoms with E-state index in [0.29, 0.717) is 25.9 Å². The first-order valence-electron chi connectivity index (χ1n) is 10.00. The second kappa shape index (κ2) is 6.69. The van der Waals surface area contributed by atoms with Gasteiger partial charge in [0.1, 0.15) is 16.3 Å². The van der Waals surface area contributed by atoms with E-state index in [2.05, 4.69) is 10.6 Å². The molecule has 0 atom stereocenters. The molecule has 6 nitrogen and oxygen atoms in total. The lowest BCUT2D eigenvalue weighted by atomic mass is 9.93. The van der Waals surface area contributed by atoms with Crippen LogP contribution in [0.25, 0.3) is 0 Å². The topological polar surface area (TPSA) is 70.7 Å². The molecule has 2 N–H and O–H groups in total. The summed E-state index contributed by atoms with van der Waals surface area (Å²) in [6.45, 7) is 6.77. The van der Waals surface area contributed by atoms with Crippen LogP contribution in [0.1, 0.15) is 73.7 Å². The molecule has 1 aromatic rings. The summed E-state index contributed by atoms with van der Waals surface area (Å²) in [5, 5.41) is 7.89. The lowest BCUT2D eigenvalue weighted by molar-refractivity contribution is 0.0163. The third kappa shape index (κ3) is 3.66. The van der Waals surface area contributed by atoms with Crippen LogP contribution >= 0.6 is 11.3 Å². The van der Waals surface area contributed by atoms with Crippen LogP contribution in [0, 0.1) is 0 Å². The van der Waals surface area contributed by atoms with Gasteiger partial charge < -0.3 is 20.3 Å². The average molecular weight is 392 g/mol. The van der Waals surface area contributed by atoms with Crippen LogP contribution in [0.4, 0.5) is 9.80 Å². The maximum absolute atomic E-state index is 13.0. The molecule has 27 heavy (non-hydrogen) atoms. The summed E-state index contributed by atoms with van der Waals surface area (Å²) in [5.41, 5.74) is 1.19. The molecule has 1 aliphatic carbocycles. The first kappa shape index (κ1) is 18.6. The van der Waals surface area contributed by atoms with E-state index < -0.39 is 11.3 Å². The Morgan fingerprint density at radius 1 is 1.11 bits per heavy atom. The number of hydrogen-bond donors (Lipinski definition) is 2. The average Bonchev–Trinajstić information content (AvgIpc) is 2.75. The highest BCUT2D eigenvalue weighted by Gasteiger charge is 2.43. The van der Waals surface area contributed by atoms with E-state index in [1.54, 1.807) is 16.2 Å². The molecule has 2 amide bonds. The predicted octanol–water partition coefficient (Wildman–Crippen LogP) is 3.90. The Bertz CT molecular complexity index is 757. The monoisotopic (exact) mass is 391 g/mol. The number of aryl methyl sites for hydroxylation is 1. The zero-order valence-corrected chi connectivity index (χ0v) is 17.3. The molecule has 1 aromatic heterocycles. The van der Waals surface area contributed by atoms with Crippen molar-refractivity contribution in [1.29, 1.82) is 0 Å². The van der Waals surface area contributed by atoms with Gasteiger partial charge in [-0.25, -0.2) is 4.79 Å². The van der Waals surface area contributed by atoms with Crippen LogP contribution in [-0.2, 0) is 17.6 Å². The van der Waals surface area contributed by atoms with E-state index in [0.717, 1.165) is 23.4 Å². The number of carbonyl (C=O) groups excluding carboxylic acids is 2. The fraction of sp³-hybridized carbons (Fsp3) is 0.700. The van der Waals surface area contributed by atoms with Gasteiger partial charge in [-0.05, 0) is 52.0 Å². The second-order valence-electron chi connectivity index (χ2n) is 8.90. The lowest BCUT2D eigenvalue weighted by Gasteiger charge is -2.45. The molecule has 2 aliphatic heterocycles. The van der Waals surface area contributed by atoms with Gasteiger partial charge in [-0.3, -0.25) is 4.79 Å². The van der Waals surface area contributed by atoms with Crippen LogP contribution in [0.5, 0.6) is 0 Å². The molecule has 4 rings (SSSR count). The van der Waals surface area contributed by atoms with Gasteiger partial charge >= 0.3 is 6.09 Å². The number of fused-ring (bicyclic) bond motifs is 3. The molecule has 0 saturated carbocycles. The highest BCUT2D eigenvalue weighted by Crippen LogP contribution is 2.42. The zero-order chi connectivity index (χ0) is 19.2. The Hall–Kier alpha value is -1.76. The molecular formula is C20H29N3O3S. The fourth-order valence-corrected chi connectivity index (χ4v) is 5.63. The van der Waals surface area contributed by atoms with Crippen LogP contribution in [0.15, 0.2) is 0 Å². The molecule has 0 radical (unpaired) electrons. The first-order chi connectivity index (χ1) is 12.8. The third-order valence-electron chi connectivity index (χ3n) is 5.62. The van der Waals surface area contributed by atoms with Crippen molar-refractivity contribution in [3.05, 3.63) is 16.0 Å².